The van der Waals surface area contributed by atoms with Crippen LogP contribution in [0.4, 0.5) is 0 Å². The van der Waals surface area contributed by atoms with E-state index in [1.165, 1.54) is 212 Å². The predicted octanol–water partition coefficient (Wildman–Crippen LogP) is 24.0. The Morgan fingerprint density at radius 1 is 0.280 bits per heavy atom. The van der Waals surface area contributed by atoms with Crippen LogP contribution in [-0.4, -0.2) is 96.7 Å². The zero-order valence-electron chi connectivity index (χ0n) is 65.8. The van der Waals surface area contributed by atoms with Crippen LogP contribution in [0.2, 0.25) is 0 Å². The third-order valence-corrected chi connectivity index (χ3v) is 21.4. The summed E-state index contributed by atoms with van der Waals surface area (Å²) in [6.07, 6.45) is 57.2. The Labute approximate surface area is 613 Å². The van der Waals surface area contributed by atoms with Crippen LogP contribution in [0.5, 0.6) is 0 Å². The van der Waals surface area contributed by atoms with E-state index in [0.717, 1.165) is 108 Å². The Kier molecular flexibility index (Phi) is 68.7. The first-order valence-corrected chi connectivity index (χ1v) is 44.8. The van der Waals surface area contributed by atoms with Gasteiger partial charge in [0, 0.05) is 25.7 Å². The average molecular weight is 1470 g/mol. The fourth-order valence-corrected chi connectivity index (χ4v) is 13.9. The van der Waals surface area contributed by atoms with Crippen LogP contribution < -0.4 is 0 Å². The van der Waals surface area contributed by atoms with Gasteiger partial charge in [0.25, 0.3) is 0 Å². The summed E-state index contributed by atoms with van der Waals surface area (Å²) in [5.74, 6) is 0.998. The quantitative estimate of drug-likeness (QED) is 0.0222. The van der Waals surface area contributed by atoms with Crippen molar-refractivity contribution in [2.75, 3.05) is 39.6 Å². The van der Waals surface area contributed by atoms with E-state index >= 15 is 0 Å². The Bertz CT molecular complexity index is 1960. The fraction of sp³-hybridized carbons (Fsp3) is 0.951. The molecule has 0 aromatic heterocycles. The topological polar surface area (TPSA) is 237 Å². The number of phosphoric ester groups is 2. The number of carbonyl (C=O) groups is 4. The standard InChI is InChI=1S/C81H158O17P2/c1-9-73(7)59-51-43-34-27-23-19-15-13-11-12-14-16-21-25-29-36-45-53-61-78(83)91-67-76(98-81(86)64-56-48-38-32-31-33-41-49-57-71(3)4)69-95-99(87,88)93-65-75(82)66-94-100(89,90)96-70-77(68-92-79(84)62-54-46-40-39-42-50-58-72(5)6)97-80(85)63-55-47-37-30-26-22-18-17-20-24-28-35-44-52-60-74(8)10-2/h71-77,82H,9-70H2,1-8H3,(H,87,88)(H,89,90)/t73?,74?,75-,76-,77-/m1/s1. The van der Waals surface area contributed by atoms with E-state index in [2.05, 4.69) is 55.4 Å². The highest BCUT2D eigenvalue weighted by Crippen LogP contribution is 2.45. The number of ether oxygens (including phenoxy) is 4. The minimum Gasteiger partial charge on any atom is -0.462 e. The summed E-state index contributed by atoms with van der Waals surface area (Å²) >= 11 is 0. The van der Waals surface area contributed by atoms with Crippen LogP contribution >= 0.6 is 15.6 Å². The van der Waals surface area contributed by atoms with Gasteiger partial charge in [-0.2, -0.15) is 0 Å². The smallest absolute Gasteiger partial charge is 0.462 e. The van der Waals surface area contributed by atoms with Gasteiger partial charge in [0.15, 0.2) is 12.2 Å². The molecule has 0 heterocycles. The molecule has 0 fully saturated rings. The maximum Gasteiger partial charge on any atom is 0.472 e. The summed E-state index contributed by atoms with van der Waals surface area (Å²) in [6.45, 7) is 14.2. The van der Waals surface area contributed by atoms with Gasteiger partial charge in [-0.05, 0) is 49.4 Å². The van der Waals surface area contributed by atoms with Crippen molar-refractivity contribution >= 4 is 39.5 Å². The van der Waals surface area contributed by atoms with Gasteiger partial charge < -0.3 is 33.8 Å². The summed E-state index contributed by atoms with van der Waals surface area (Å²) in [5.41, 5.74) is 0. The first-order chi connectivity index (χ1) is 48.2. The van der Waals surface area contributed by atoms with E-state index in [4.69, 9.17) is 37.0 Å². The summed E-state index contributed by atoms with van der Waals surface area (Å²) in [5, 5.41) is 10.6. The average Bonchev–Trinajstić information content (AvgIpc) is 0.972. The van der Waals surface area contributed by atoms with Gasteiger partial charge in [0.1, 0.15) is 19.3 Å². The molecule has 0 aliphatic heterocycles. The van der Waals surface area contributed by atoms with Crippen LogP contribution in [0, 0.1) is 23.7 Å². The number of phosphoric acid groups is 2. The highest BCUT2D eigenvalue weighted by molar-refractivity contribution is 7.47. The summed E-state index contributed by atoms with van der Waals surface area (Å²) in [6, 6.07) is 0. The first kappa shape index (κ1) is 98.1. The number of esters is 4. The molecule has 0 radical (unpaired) electrons. The minimum absolute atomic E-state index is 0.105. The molecule has 0 aromatic rings. The van der Waals surface area contributed by atoms with E-state index < -0.39 is 97.5 Å². The highest BCUT2D eigenvalue weighted by Gasteiger charge is 2.30. The van der Waals surface area contributed by atoms with Crippen molar-refractivity contribution < 1.29 is 80.2 Å². The van der Waals surface area contributed by atoms with Gasteiger partial charge >= 0.3 is 39.5 Å². The molecule has 100 heavy (non-hydrogen) atoms. The van der Waals surface area contributed by atoms with Crippen molar-refractivity contribution in [2.24, 2.45) is 23.7 Å². The highest BCUT2D eigenvalue weighted by atomic mass is 31.2. The van der Waals surface area contributed by atoms with Crippen LogP contribution in [0.25, 0.3) is 0 Å². The van der Waals surface area contributed by atoms with Crippen LogP contribution in [0.15, 0.2) is 0 Å². The van der Waals surface area contributed by atoms with Gasteiger partial charge in [-0.25, -0.2) is 9.13 Å². The van der Waals surface area contributed by atoms with Crippen molar-refractivity contribution in [3.63, 3.8) is 0 Å². The number of carbonyl (C=O) groups excluding carboxylic acids is 4. The van der Waals surface area contributed by atoms with E-state index in [9.17, 15) is 43.2 Å². The molecule has 7 atom stereocenters. The third-order valence-electron chi connectivity index (χ3n) is 19.5. The molecule has 3 N–H and O–H groups in total. The molecule has 0 aliphatic rings. The normalized spacial score (nSPS) is 14.6. The number of hydrogen-bond acceptors (Lipinski definition) is 15. The molecule has 0 bridgehead atoms. The zero-order chi connectivity index (χ0) is 73.8. The van der Waals surface area contributed by atoms with Crippen molar-refractivity contribution in [3.8, 4) is 0 Å². The minimum atomic E-state index is -4.96. The molecule has 0 saturated heterocycles. The lowest BCUT2D eigenvalue weighted by molar-refractivity contribution is -0.161. The second kappa shape index (κ2) is 70.1. The second-order valence-corrected chi connectivity index (χ2v) is 33.5. The van der Waals surface area contributed by atoms with E-state index in [-0.39, 0.29) is 25.7 Å². The number of aliphatic hydroxyl groups is 1. The molecule has 0 spiro atoms. The Balaban J connectivity index is 5.13. The van der Waals surface area contributed by atoms with Crippen LogP contribution in [-0.2, 0) is 65.4 Å². The third kappa shape index (κ3) is 71.7. The van der Waals surface area contributed by atoms with Gasteiger partial charge in [0.2, 0.25) is 0 Å². The molecular formula is C81H158O17P2. The molecule has 0 saturated carbocycles. The molecule has 0 amide bonds. The zero-order valence-corrected chi connectivity index (χ0v) is 67.6. The van der Waals surface area contributed by atoms with Gasteiger partial charge in [0.05, 0.1) is 26.4 Å². The molecule has 0 aromatic carbocycles. The number of aliphatic hydroxyl groups excluding tert-OH is 1. The molecule has 19 heteroatoms. The van der Waals surface area contributed by atoms with E-state index in [1.54, 1.807) is 0 Å². The van der Waals surface area contributed by atoms with Crippen molar-refractivity contribution in [1.29, 1.82) is 0 Å². The van der Waals surface area contributed by atoms with Gasteiger partial charge in [-0.1, -0.05) is 364 Å². The Morgan fingerprint density at radius 3 is 0.710 bits per heavy atom. The summed E-state index contributed by atoms with van der Waals surface area (Å²) in [7, 11) is -9.92. The Morgan fingerprint density at radius 2 is 0.480 bits per heavy atom. The lowest BCUT2D eigenvalue weighted by Crippen LogP contribution is -2.30. The SMILES string of the molecule is CCC(C)CCCCCCCCCCCCCCCCCCCCC(=O)OC[C@H](COP(=O)(O)OC[C@@H](O)COP(=O)(O)OC[C@@H](COC(=O)CCCCCCCCC(C)C)OC(=O)CCCCCCCCCCCCCCCCC(C)CC)OC(=O)CCCCCCCCCCC(C)C. The predicted molar refractivity (Wildman–Crippen MR) is 409 cm³/mol. The molecule has 594 valence electrons. The fourth-order valence-electron chi connectivity index (χ4n) is 12.4. The van der Waals surface area contributed by atoms with Crippen molar-refractivity contribution in [2.45, 2.75) is 433 Å². The number of hydrogen-bond donors (Lipinski definition) is 3. The molecule has 0 rings (SSSR count). The molecular weight excluding hydrogens is 1310 g/mol. The number of unbranched alkanes of at least 4 members (excludes halogenated alkanes) is 42. The maximum absolute atomic E-state index is 13.1. The monoisotopic (exact) mass is 1470 g/mol. The largest absolute Gasteiger partial charge is 0.472 e. The molecule has 4 unspecified atom stereocenters. The van der Waals surface area contributed by atoms with Crippen molar-refractivity contribution in [3.05, 3.63) is 0 Å². The van der Waals surface area contributed by atoms with Gasteiger partial charge in [-0.15, -0.1) is 0 Å². The lowest BCUT2D eigenvalue weighted by Gasteiger charge is -2.21. The van der Waals surface area contributed by atoms with E-state index in [0.29, 0.717) is 37.5 Å². The first-order valence-electron chi connectivity index (χ1n) is 41.8. The molecule has 0 aliphatic carbocycles. The maximum atomic E-state index is 13.1. The summed E-state index contributed by atoms with van der Waals surface area (Å²) < 4.78 is 68.6. The van der Waals surface area contributed by atoms with Gasteiger partial charge in [-0.3, -0.25) is 37.3 Å². The number of rotatable bonds is 78. The lowest BCUT2D eigenvalue weighted by atomic mass is 9.99. The van der Waals surface area contributed by atoms with Crippen LogP contribution in [0.3, 0.4) is 0 Å². The van der Waals surface area contributed by atoms with E-state index in [1.807, 2.05) is 0 Å². The summed E-state index contributed by atoms with van der Waals surface area (Å²) in [4.78, 5) is 72.9. The van der Waals surface area contributed by atoms with Crippen LogP contribution in [0.1, 0.15) is 415 Å². The molecule has 17 nitrogen and oxygen atoms in total. The van der Waals surface area contributed by atoms with Crippen molar-refractivity contribution in [1.82, 2.24) is 0 Å². The second-order valence-electron chi connectivity index (χ2n) is 30.6. The Hall–Kier alpha value is -1.94.